The smallest absolute Gasteiger partial charge is 0.341 e. The van der Waals surface area contributed by atoms with E-state index in [4.69, 9.17) is 4.74 Å². The van der Waals surface area contributed by atoms with Crippen molar-refractivity contribution in [1.82, 2.24) is 0 Å². The summed E-state index contributed by atoms with van der Waals surface area (Å²) < 4.78 is 5.30. The van der Waals surface area contributed by atoms with Crippen LogP contribution in [0.3, 0.4) is 0 Å². The number of ether oxygens (including phenoxy) is 1. The third-order valence-corrected chi connectivity index (χ3v) is 7.15. The molecule has 6 nitrogen and oxygen atoms in total. The van der Waals surface area contributed by atoms with Crippen LogP contribution in [-0.2, 0) is 22.4 Å². The number of carbonyl (C=O) groups is 2. The highest BCUT2D eigenvalue weighted by Gasteiger charge is 2.33. The van der Waals surface area contributed by atoms with Gasteiger partial charge in [0, 0.05) is 4.88 Å². The predicted molar refractivity (Wildman–Crippen MR) is 107 cm³/mol. The molecule has 1 aliphatic carbocycles. The fourth-order valence-electron chi connectivity index (χ4n) is 4.09. The average Bonchev–Trinajstić information content (AvgIpc) is 2.98. The first-order valence-corrected chi connectivity index (χ1v) is 11.0. The van der Waals surface area contributed by atoms with Crippen LogP contribution < -0.4 is 15.1 Å². The molecule has 0 spiro atoms. The van der Waals surface area contributed by atoms with E-state index < -0.39 is 0 Å². The number of rotatable bonds is 5. The van der Waals surface area contributed by atoms with Crippen molar-refractivity contribution in [2.45, 2.75) is 46.1 Å². The Kier molecular flexibility index (Phi) is 6.55. The summed E-state index contributed by atoms with van der Waals surface area (Å²) in [6, 6.07) is -0.119. The lowest BCUT2D eigenvalue weighted by Gasteiger charge is -2.30. The van der Waals surface area contributed by atoms with Crippen LogP contribution in [0.2, 0.25) is 0 Å². The van der Waals surface area contributed by atoms with Gasteiger partial charge in [0.15, 0.2) is 6.04 Å². The summed E-state index contributed by atoms with van der Waals surface area (Å²) >= 11 is 1.57. The Balaban J connectivity index is 1.79. The van der Waals surface area contributed by atoms with Gasteiger partial charge in [0.1, 0.15) is 31.2 Å². The maximum atomic E-state index is 12.9. The van der Waals surface area contributed by atoms with Crippen molar-refractivity contribution in [1.29, 1.82) is 0 Å². The topological polar surface area (TPSA) is 64.3 Å². The van der Waals surface area contributed by atoms with Gasteiger partial charge in [0.05, 0.1) is 19.2 Å². The van der Waals surface area contributed by atoms with Crippen molar-refractivity contribution in [3.63, 3.8) is 0 Å². The molecule has 1 aromatic heterocycles. The Hall–Kier alpha value is -1.44. The van der Waals surface area contributed by atoms with E-state index in [1.165, 1.54) is 14.7 Å². The van der Waals surface area contributed by atoms with Crippen LogP contribution in [0.15, 0.2) is 0 Å². The molecule has 3 N–H and O–H groups in total. The lowest BCUT2D eigenvalue weighted by molar-refractivity contribution is -1.01. The zero-order chi connectivity index (χ0) is 19.6. The second-order valence-electron chi connectivity index (χ2n) is 8.10. The van der Waals surface area contributed by atoms with Gasteiger partial charge in [-0.05, 0) is 44.6 Å². The highest BCUT2D eigenvalue weighted by molar-refractivity contribution is 7.17. The van der Waals surface area contributed by atoms with E-state index in [-0.39, 0.29) is 17.9 Å². The molecule has 1 aromatic rings. The molecule has 0 radical (unpaired) electrons. The van der Waals surface area contributed by atoms with Gasteiger partial charge in [-0.15, -0.1) is 11.3 Å². The number of anilines is 1. The second kappa shape index (κ2) is 8.71. The molecule has 2 atom stereocenters. The first kappa shape index (κ1) is 20.3. The van der Waals surface area contributed by atoms with Gasteiger partial charge in [-0.2, -0.15) is 0 Å². The van der Waals surface area contributed by atoms with E-state index in [9.17, 15) is 9.59 Å². The standard InChI is InChI=1S/C20H31N3O3S/c1-5-26-20(25)17-15-7-6-13(2)12-16(15)27-19(17)21-18(24)14(3)23-10-8-22(4)9-11-23/h13-14H,5-12H2,1-4H3,(H,21,24)/p+2/t13-,14-/m0/s1. The van der Waals surface area contributed by atoms with Gasteiger partial charge >= 0.3 is 5.97 Å². The zero-order valence-electron chi connectivity index (χ0n) is 16.9. The number of hydrogen-bond acceptors (Lipinski definition) is 4. The number of esters is 1. The zero-order valence-corrected chi connectivity index (χ0v) is 17.8. The highest BCUT2D eigenvalue weighted by atomic mass is 32.1. The van der Waals surface area contributed by atoms with Gasteiger partial charge in [0.25, 0.3) is 5.91 Å². The molecule has 150 valence electrons. The summed E-state index contributed by atoms with van der Waals surface area (Å²) in [4.78, 5) is 29.6. The minimum absolute atomic E-state index is 0.00162. The number of hydrogen-bond donors (Lipinski definition) is 3. The van der Waals surface area contributed by atoms with E-state index in [2.05, 4.69) is 19.3 Å². The van der Waals surface area contributed by atoms with Crippen LogP contribution in [0.1, 0.15) is 48.0 Å². The van der Waals surface area contributed by atoms with Gasteiger partial charge in [0.2, 0.25) is 0 Å². The largest absolute Gasteiger partial charge is 0.462 e. The van der Waals surface area contributed by atoms with Crippen LogP contribution in [0.5, 0.6) is 0 Å². The van der Waals surface area contributed by atoms with Crippen LogP contribution in [0.25, 0.3) is 0 Å². The van der Waals surface area contributed by atoms with E-state index in [0.717, 1.165) is 51.0 Å². The molecule has 27 heavy (non-hydrogen) atoms. The Labute approximate surface area is 165 Å². The second-order valence-corrected chi connectivity index (χ2v) is 9.21. The number of quaternary nitrogens is 2. The number of amides is 1. The van der Waals surface area contributed by atoms with E-state index in [1.54, 1.807) is 11.3 Å². The summed E-state index contributed by atoms with van der Waals surface area (Å²) in [5.74, 6) is 0.316. The monoisotopic (exact) mass is 395 g/mol. The van der Waals surface area contributed by atoms with E-state index >= 15 is 0 Å². The molecular weight excluding hydrogens is 362 g/mol. The maximum absolute atomic E-state index is 12.9. The van der Waals surface area contributed by atoms with Crippen molar-refractivity contribution in [2.24, 2.45) is 5.92 Å². The van der Waals surface area contributed by atoms with Gasteiger partial charge < -0.3 is 19.9 Å². The maximum Gasteiger partial charge on any atom is 0.341 e. The average molecular weight is 396 g/mol. The molecule has 1 fully saturated rings. The van der Waals surface area contributed by atoms with Crippen LogP contribution in [0.4, 0.5) is 5.00 Å². The summed E-state index contributed by atoms with van der Waals surface area (Å²) in [6.07, 6.45) is 2.94. The molecule has 7 heteroatoms. The Bertz CT molecular complexity index is 695. The van der Waals surface area contributed by atoms with E-state index in [0.29, 0.717) is 23.1 Å². The molecule has 2 heterocycles. The van der Waals surface area contributed by atoms with Crippen molar-refractivity contribution in [3.8, 4) is 0 Å². The number of carbonyl (C=O) groups excluding carboxylic acids is 2. The molecule has 0 bridgehead atoms. The van der Waals surface area contributed by atoms with Gasteiger partial charge in [-0.25, -0.2) is 4.79 Å². The SMILES string of the molecule is CCOC(=O)c1c(NC(=O)[C@H](C)[NH+]2CC[NH+](C)CC2)sc2c1CC[C@H](C)C2. The summed E-state index contributed by atoms with van der Waals surface area (Å²) in [5.41, 5.74) is 1.69. The number of thiophene rings is 1. The third-order valence-electron chi connectivity index (χ3n) is 5.98. The fraction of sp³-hybridized carbons (Fsp3) is 0.700. The van der Waals surface area contributed by atoms with Crippen LogP contribution in [-0.4, -0.2) is 57.8 Å². The van der Waals surface area contributed by atoms with Gasteiger partial charge in [-0.1, -0.05) is 6.92 Å². The molecule has 1 amide bonds. The molecule has 0 unspecified atom stereocenters. The molecular formula is C20H33N3O3S+2. The molecule has 1 saturated heterocycles. The molecule has 2 aliphatic rings. The van der Waals surface area contributed by atoms with Crippen LogP contribution >= 0.6 is 11.3 Å². The first-order chi connectivity index (χ1) is 12.9. The highest BCUT2D eigenvalue weighted by Crippen LogP contribution is 2.40. The molecule has 1 aliphatic heterocycles. The normalized spacial score (nSPS) is 26.1. The van der Waals surface area contributed by atoms with E-state index in [1.807, 2.05) is 13.8 Å². The number of piperazine rings is 1. The quantitative estimate of drug-likeness (QED) is 0.605. The Morgan fingerprint density at radius 3 is 2.67 bits per heavy atom. The minimum Gasteiger partial charge on any atom is -0.462 e. The van der Waals surface area contributed by atoms with Crippen molar-refractivity contribution in [2.75, 3.05) is 45.2 Å². The molecule has 3 rings (SSSR count). The Morgan fingerprint density at radius 2 is 2.00 bits per heavy atom. The lowest BCUT2D eigenvalue weighted by Crippen LogP contribution is -3.29. The Morgan fingerprint density at radius 1 is 1.30 bits per heavy atom. The third kappa shape index (κ3) is 4.52. The number of fused-ring (bicyclic) bond motifs is 1. The van der Waals surface area contributed by atoms with Crippen molar-refractivity contribution in [3.05, 3.63) is 16.0 Å². The predicted octanol–water partition coefficient (Wildman–Crippen LogP) is -0.210. The fourth-order valence-corrected chi connectivity index (χ4v) is 5.50. The van der Waals surface area contributed by atoms with Crippen molar-refractivity contribution >= 4 is 28.2 Å². The molecule has 0 saturated carbocycles. The minimum atomic E-state index is -0.303. The van der Waals surface area contributed by atoms with Crippen molar-refractivity contribution < 1.29 is 24.1 Å². The molecule has 0 aromatic carbocycles. The van der Waals surface area contributed by atoms with Crippen LogP contribution in [0, 0.1) is 5.92 Å². The number of likely N-dealkylation sites (N-methyl/N-ethyl adjacent to an activating group) is 1. The van der Waals surface area contributed by atoms with Gasteiger partial charge in [-0.3, -0.25) is 4.79 Å². The first-order valence-electron chi connectivity index (χ1n) is 10.2. The summed E-state index contributed by atoms with van der Waals surface area (Å²) in [7, 11) is 2.20. The summed E-state index contributed by atoms with van der Waals surface area (Å²) in [5, 5.41) is 3.77. The lowest BCUT2D eigenvalue weighted by atomic mass is 9.88. The summed E-state index contributed by atoms with van der Waals surface area (Å²) in [6.45, 7) is 10.6. The number of nitrogens with one attached hydrogen (secondary N) is 3.